The average molecular weight is 416 g/mol. The van der Waals surface area contributed by atoms with Crippen LogP contribution in [0.3, 0.4) is 0 Å². The Kier molecular flexibility index (Phi) is 5.16. The molecule has 2 aliphatic rings. The molecular formula is C24H24N4O3. The summed E-state index contributed by atoms with van der Waals surface area (Å²) < 4.78 is 10.7. The lowest BCUT2D eigenvalue weighted by Crippen LogP contribution is -2.41. The Labute approximate surface area is 181 Å². The van der Waals surface area contributed by atoms with Crippen molar-refractivity contribution in [2.75, 3.05) is 30.1 Å². The van der Waals surface area contributed by atoms with Gasteiger partial charge in [0.05, 0.1) is 11.6 Å². The summed E-state index contributed by atoms with van der Waals surface area (Å²) in [6.07, 6.45) is 1.78. The highest BCUT2D eigenvalue weighted by Crippen LogP contribution is 2.34. The minimum Gasteiger partial charge on any atom is -0.454 e. The lowest BCUT2D eigenvalue weighted by molar-refractivity contribution is -0.120. The molecule has 0 saturated carbocycles. The fourth-order valence-corrected chi connectivity index (χ4v) is 4.12. The maximum absolute atomic E-state index is 12.9. The van der Waals surface area contributed by atoms with Crippen molar-refractivity contribution in [2.45, 2.75) is 19.8 Å². The van der Waals surface area contributed by atoms with Crippen LogP contribution in [0.4, 0.5) is 11.5 Å². The first-order chi connectivity index (χ1) is 15.2. The van der Waals surface area contributed by atoms with Crippen LogP contribution >= 0.6 is 0 Å². The van der Waals surface area contributed by atoms with Crippen LogP contribution in [0, 0.1) is 12.8 Å². The molecule has 1 amide bonds. The van der Waals surface area contributed by atoms with Gasteiger partial charge in [-0.1, -0.05) is 24.3 Å². The first-order valence-corrected chi connectivity index (χ1v) is 10.5. The Hall–Kier alpha value is -3.61. The van der Waals surface area contributed by atoms with Crippen molar-refractivity contribution in [1.29, 1.82) is 0 Å². The second-order valence-corrected chi connectivity index (χ2v) is 7.93. The second-order valence-electron chi connectivity index (χ2n) is 7.93. The molecule has 0 radical (unpaired) electrons. The van der Waals surface area contributed by atoms with Gasteiger partial charge in [0, 0.05) is 30.4 Å². The van der Waals surface area contributed by atoms with Crippen LogP contribution in [0.5, 0.6) is 11.5 Å². The minimum atomic E-state index is -0.114. The number of aryl methyl sites for hydroxylation is 1. The molecule has 0 bridgehead atoms. The van der Waals surface area contributed by atoms with E-state index < -0.39 is 0 Å². The number of piperidine rings is 1. The molecule has 2 aromatic carbocycles. The number of fused-ring (bicyclic) bond motifs is 1. The van der Waals surface area contributed by atoms with Crippen molar-refractivity contribution in [1.82, 2.24) is 10.2 Å². The normalized spacial score (nSPS) is 17.5. The summed E-state index contributed by atoms with van der Waals surface area (Å²) in [5.74, 6) is 2.06. The van der Waals surface area contributed by atoms with Crippen molar-refractivity contribution in [2.24, 2.45) is 5.92 Å². The third kappa shape index (κ3) is 4.03. The SMILES string of the molecule is Cc1ccccc1-c1ccc(N2CCCC(C(=O)Nc3ccc4c(c3)OCO4)C2)nn1. The molecule has 158 valence electrons. The molecule has 1 unspecified atom stereocenters. The molecule has 1 aromatic heterocycles. The molecule has 3 heterocycles. The molecule has 3 aromatic rings. The number of amides is 1. The molecule has 7 heteroatoms. The van der Waals surface area contributed by atoms with Gasteiger partial charge in [-0.05, 0) is 49.6 Å². The van der Waals surface area contributed by atoms with Gasteiger partial charge >= 0.3 is 0 Å². The van der Waals surface area contributed by atoms with E-state index in [9.17, 15) is 4.79 Å². The number of hydrogen-bond donors (Lipinski definition) is 1. The molecule has 1 saturated heterocycles. The van der Waals surface area contributed by atoms with Crippen LogP contribution in [0.15, 0.2) is 54.6 Å². The topological polar surface area (TPSA) is 76.6 Å². The fourth-order valence-electron chi connectivity index (χ4n) is 4.12. The van der Waals surface area contributed by atoms with Crippen molar-refractivity contribution in [3.8, 4) is 22.8 Å². The van der Waals surface area contributed by atoms with Crippen LogP contribution in [-0.2, 0) is 4.79 Å². The Balaban J connectivity index is 1.26. The Morgan fingerprint density at radius 1 is 1.06 bits per heavy atom. The number of rotatable bonds is 4. The Morgan fingerprint density at radius 3 is 2.77 bits per heavy atom. The molecule has 7 nitrogen and oxygen atoms in total. The van der Waals surface area contributed by atoms with E-state index >= 15 is 0 Å². The summed E-state index contributed by atoms with van der Waals surface area (Å²) in [5, 5.41) is 11.9. The van der Waals surface area contributed by atoms with E-state index in [1.165, 1.54) is 5.56 Å². The van der Waals surface area contributed by atoms with Gasteiger partial charge in [0.1, 0.15) is 0 Å². The zero-order valence-corrected chi connectivity index (χ0v) is 17.4. The van der Waals surface area contributed by atoms with Crippen molar-refractivity contribution in [3.05, 3.63) is 60.2 Å². The van der Waals surface area contributed by atoms with Crippen molar-refractivity contribution in [3.63, 3.8) is 0 Å². The zero-order chi connectivity index (χ0) is 21.2. The van der Waals surface area contributed by atoms with Gasteiger partial charge in [-0.3, -0.25) is 4.79 Å². The number of nitrogens with zero attached hydrogens (tertiary/aromatic N) is 3. The van der Waals surface area contributed by atoms with Gasteiger partial charge in [0.2, 0.25) is 12.7 Å². The lowest BCUT2D eigenvalue weighted by Gasteiger charge is -2.32. The molecular weight excluding hydrogens is 392 g/mol. The number of hydrogen-bond acceptors (Lipinski definition) is 6. The number of aromatic nitrogens is 2. The Bertz CT molecular complexity index is 1100. The largest absolute Gasteiger partial charge is 0.454 e. The van der Waals surface area contributed by atoms with E-state index in [2.05, 4.69) is 39.5 Å². The predicted molar refractivity (Wildman–Crippen MR) is 118 cm³/mol. The molecule has 1 N–H and O–H groups in total. The van der Waals surface area contributed by atoms with Crippen LogP contribution in [0.1, 0.15) is 18.4 Å². The molecule has 5 rings (SSSR count). The highest BCUT2D eigenvalue weighted by atomic mass is 16.7. The first kappa shape index (κ1) is 19.4. The van der Waals surface area contributed by atoms with E-state index in [1.54, 1.807) is 6.07 Å². The lowest BCUT2D eigenvalue weighted by atomic mass is 9.97. The van der Waals surface area contributed by atoms with E-state index in [4.69, 9.17) is 9.47 Å². The fraction of sp³-hybridized carbons (Fsp3) is 0.292. The maximum atomic E-state index is 12.9. The standard InChI is InChI=1S/C24H24N4O3/c1-16-5-2-3-7-19(16)20-9-11-23(27-26-20)28-12-4-6-17(14-28)24(29)25-18-8-10-21-22(13-18)31-15-30-21/h2-3,5,7-11,13,17H,4,6,12,14-15H2,1H3,(H,25,29). The predicted octanol–water partition coefficient (Wildman–Crippen LogP) is 4.04. The van der Waals surface area contributed by atoms with Crippen LogP contribution in [0.25, 0.3) is 11.3 Å². The Morgan fingerprint density at radius 2 is 1.94 bits per heavy atom. The van der Waals surface area contributed by atoms with E-state index in [0.717, 1.165) is 36.5 Å². The first-order valence-electron chi connectivity index (χ1n) is 10.5. The summed E-state index contributed by atoms with van der Waals surface area (Å²) >= 11 is 0. The minimum absolute atomic E-state index is 0.00746. The summed E-state index contributed by atoms with van der Waals surface area (Å²) in [6, 6.07) is 17.6. The van der Waals surface area contributed by atoms with Crippen molar-refractivity contribution >= 4 is 17.4 Å². The number of carbonyl (C=O) groups is 1. The maximum Gasteiger partial charge on any atom is 0.231 e. The van der Waals surface area contributed by atoms with Crippen LogP contribution in [-0.4, -0.2) is 36.0 Å². The average Bonchev–Trinajstić information content (AvgIpc) is 3.28. The summed E-state index contributed by atoms with van der Waals surface area (Å²) in [4.78, 5) is 15.0. The van der Waals surface area contributed by atoms with Crippen molar-refractivity contribution < 1.29 is 14.3 Å². The smallest absolute Gasteiger partial charge is 0.231 e. The van der Waals surface area contributed by atoms with Gasteiger partial charge in [-0.25, -0.2) is 0 Å². The number of nitrogens with one attached hydrogen (secondary N) is 1. The third-order valence-electron chi connectivity index (χ3n) is 5.83. The monoisotopic (exact) mass is 416 g/mol. The highest BCUT2D eigenvalue weighted by molar-refractivity contribution is 5.93. The van der Waals surface area contributed by atoms with Gasteiger partial charge in [-0.2, -0.15) is 0 Å². The number of anilines is 2. The van der Waals surface area contributed by atoms with Crippen LogP contribution in [0.2, 0.25) is 0 Å². The molecule has 2 aliphatic heterocycles. The molecule has 0 spiro atoms. The van der Waals surface area contributed by atoms with Gasteiger partial charge in [0.15, 0.2) is 17.3 Å². The van der Waals surface area contributed by atoms with E-state index in [-0.39, 0.29) is 18.6 Å². The number of benzene rings is 2. The molecule has 1 atom stereocenters. The van der Waals surface area contributed by atoms with Gasteiger partial charge in [0.25, 0.3) is 0 Å². The quantitative estimate of drug-likeness (QED) is 0.692. The molecule has 31 heavy (non-hydrogen) atoms. The zero-order valence-electron chi connectivity index (χ0n) is 17.4. The van der Waals surface area contributed by atoms with E-state index in [1.807, 2.05) is 36.4 Å². The number of carbonyl (C=O) groups excluding carboxylic acids is 1. The summed E-state index contributed by atoms with van der Waals surface area (Å²) in [7, 11) is 0. The highest BCUT2D eigenvalue weighted by Gasteiger charge is 2.27. The number of ether oxygens (including phenoxy) is 2. The third-order valence-corrected chi connectivity index (χ3v) is 5.83. The summed E-state index contributed by atoms with van der Waals surface area (Å²) in [6.45, 7) is 3.77. The van der Waals surface area contributed by atoms with Gasteiger partial charge in [-0.15, -0.1) is 10.2 Å². The molecule has 0 aliphatic carbocycles. The van der Waals surface area contributed by atoms with E-state index in [0.29, 0.717) is 23.7 Å². The second kappa shape index (κ2) is 8.26. The summed E-state index contributed by atoms with van der Waals surface area (Å²) in [5.41, 5.74) is 3.83. The molecule has 1 fully saturated rings. The van der Waals surface area contributed by atoms with Crippen LogP contribution < -0.4 is 19.7 Å². The van der Waals surface area contributed by atoms with Gasteiger partial charge < -0.3 is 19.7 Å².